The van der Waals surface area contributed by atoms with E-state index >= 15 is 0 Å². The molecule has 280 valence electrons. The molecule has 0 atom stereocenters. The number of hydrogen-bond donors (Lipinski definition) is 4. The number of hydrogen-bond acceptors (Lipinski definition) is 9. The largest absolute Gasteiger partial charge is 0.415 e. The third kappa shape index (κ3) is 33.7. The van der Waals surface area contributed by atoms with Gasteiger partial charge in [0, 0.05) is 39.6 Å². The Kier molecular flexibility index (Phi) is 59.4. The lowest BCUT2D eigenvalue weighted by Gasteiger charge is -2.32. The van der Waals surface area contributed by atoms with Gasteiger partial charge < -0.3 is 58.1 Å². The highest BCUT2D eigenvalue weighted by Crippen LogP contribution is 2.23. The summed E-state index contributed by atoms with van der Waals surface area (Å²) in [4.78, 5) is 20.0. The molecule has 0 aliphatic carbocycles. The van der Waals surface area contributed by atoms with Crippen LogP contribution in [0, 0.1) is 0 Å². The molecule has 0 aliphatic heterocycles. The maximum absolute atomic E-state index is 10.0. The molecule has 16 heteroatoms. The molecule has 0 radical (unpaired) electrons. The quantitative estimate of drug-likeness (QED) is 0.146. The van der Waals surface area contributed by atoms with Gasteiger partial charge in [0.25, 0.3) is 0 Å². The first-order valence-corrected chi connectivity index (χ1v) is 25.2. The molecule has 0 unspecified atom stereocenters. The van der Waals surface area contributed by atoms with E-state index in [-0.39, 0.29) is 29.6 Å². The zero-order chi connectivity index (χ0) is 33.4. The van der Waals surface area contributed by atoms with Crippen molar-refractivity contribution < 1.29 is 58.1 Å². The fourth-order valence-electron chi connectivity index (χ4n) is 3.59. The third-order valence-electron chi connectivity index (χ3n) is 6.37. The fourth-order valence-corrected chi connectivity index (χ4v) is 14.6. The SMILES string of the molecule is CCO.CCO.CCO[Si](CC)(CC)OCC.CCO[Si](CC)(CC)OCC.CC[Si](O)(CC)O[Si](O)(CC)CC.O.O.O. The van der Waals surface area contributed by atoms with Gasteiger partial charge in [0.2, 0.25) is 0 Å². The van der Waals surface area contributed by atoms with E-state index in [2.05, 4.69) is 27.7 Å². The summed E-state index contributed by atoms with van der Waals surface area (Å²) in [6, 6.07) is 6.90. The summed E-state index contributed by atoms with van der Waals surface area (Å²) >= 11 is 0. The van der Waals surface area contributed by atoms with Crippen molar-refractivity contribution in [3.05, 3.63) is 0 Å². The molecule has 0 heterocycles. The molecule has 0 saturated heterocycles. The number of aliphatic hydroxyl groups excluding tert-OH is 2. The lowest BCUT2D eigenvalue weighted by atomic mass is 10.9. The van der Waals surface area contributed by atoms with E-state index in [1.54, 1.807) is 13.8 Å². The Morgan fingerprint density at radius 2 is 0.523 bits per heavy atom. The van der Waals surface area contributed by atoms with Gasteiger partial charge in [0.05, 0.1) is 0 Å². The molecule has 12 nitrogen and oxygen atoms in total. The molecule has 0 aromatic rings. The van der Waals surface area contributed by atoms with Crippen LogP contribution in [0.5, 0.6) is 0 Å². The first-order valence-electron chi connectivity index (χ1n) is 16.2. The van der Waals surface area contributed by atoms with E-state index in [0.717, 1.165) is 50.6 Å². The lowest BCUT2D eigenvalue weighted by Crippen LogP contribution is -2.50. The second-order valence-corrected chi connectivity index (χ2v) is 24.1. The van der Waals surface area contributed by atoms with Crippen molar-refractivity contribution in [1.29, 1.82) is 0 Å². The van der Waals surface area contributed by atoms with Gasteiger partial charge in [-0.3, -0.25) is 0 Å². The summed E-state index contributed by atoms with van der Waals surface area (Å²) in [5.41, 5.74) is 0. The highest BCUT2D eigenvalue weighted by atomic mass is 28.5. The second kappa shape index (κ2) is 41.4. The van der Waals surface area contributed by atoms with E-state index in [1.807, 2.05) is 55.4 Å². The van der Waals surface area contributed by atoms with Crippen LogP contribution in [0.3, 0.4) is 0 Å². The molecule has 0 aromatic carbocycles. The van der Waals surface area contributed by atoms with Crippen LogP contribution >= 0.6 is 0 Å². The Morgan fingerprint density at radius 3 is 0.614 bits per heavy atom. The van der Waals surface area contributed by atoms with E-state index in [9.17, 15) is 9.59 Å². The molecule has 0 amide bonds. The van der Waals surface area contributed by atoms with Gasteiger partial charge in [0.15, 0.2) is 0 Å². The van der Waals surface area contributed by atoms with Gasteiger partial charge >= 0.3 is 34.2 Å². The van der Waals surface area contributed by atoms with Crippen molar-refractivity contribution in [2.24, 2.45) is 0 Å². The van der Waals surface area contributed by atoms with Crippen LogP contribution < -0.4 is 0 Å². The minimum absolute atomic E-state index is 0. The molecule has 10 N–H and O–H groups in total. The average molecular weight is 721 g/mol. The Hall–Kier alpha value is 0.388. The molecule has 0 bridgehead atoms. The fraction of sp³-hybridized carbons (Fsp3) is 1.00. The molecule has 0 aromatic heterocycles. The summed E-state index contributed by atoms with van der Waals surface area (Å²) in [6.07, 6.45) is 0. The van der Waals surface area contributed by atoms with Crippen LogP contribution in [0.1, 0.15) is 96.9 Å². The van der Waals surface area contributed by atoms with Gasteiger partial charge in [-0.2, -0.15) is 0 Å². The highest BCUT2D eigenvalue weighted by molar-refractivity contribution is 6.79. The number of rotatable bonds is 18. The zero-order valence-corrected chi connectivity index (χ0v) is 35.2. The minimum Gasteiger partial charge on any atom is -0.415 e. The van der Waals surface area contributed by atoms with Crippen molar-refractivity contribution >= 4 is 34.2 Å². The summed E-state index contributed by atoms with van der Waals surface area (Å²) in [5, 5.41) is 15.1. The highest BCUT2D eigenvalue weighted by Gasteiger charge is 2.40. The first kappa shape index (κ1) is 63.1. The first-order chi connectivity index (χ1) is 19.3. The van der Waals surface area contributed by atoms with Crippen molar-refractivity contribution in [3.8, 4) is 0 Å². The van der Waals surface area contributed by atoms with Crippen LogP contribution in [0.15, 0.2) is 0 Å². The van der Waals surface area contributed by atoms with Crippen LogP contribution in [0.25, 0.3) is 0 Å². The van der Waals surface area contributed by atoms with Crippen molar-refractivity contribution in [2.75, 3.05) is 39.6 Å². The Labute approximate surface area is 276 Å². The van der Waals surface area contributed by atoms with Gasteiger partial charge in [-0.25, -0.2) is 0 Å². The lowest BCUT2D eigenvalue weighted by molar-refractivity contribution is 0.184. The predicted octanol–water partition coefficient (Wildman–Crippen LogP) is 4.56. The minimum atomic E-state index is -2.56. The molecule has 44 heavy (non-hydrogen) atoms. The Morgan fingerprint density at radius 1 is 0.364 bits per heavy atom. The topological polar surface area (TPSA) is 222 Å². The van der Waals surface area contributed by atoms with Crippen molar-refractivity contribution in [2.45, 2.75) is 145 Å². The number of aliphatic hydroxyl groups is 2. The van der Waals surface area contributed by atoms with Crippen LogP contribution in [0.2, 0.25) is 48.4 Å². The average Bonchev–Trinajstić information content (AvgIpc) is 2.98. The van der Waals surface area contributed by atoms with Crippen LogP contribution in [-0.2, 0) is 21.8 Å². The summed E-state index contributed by atoms with van der Waals surface area (Å²) in [6.45, 7) is 31.5. The second-order valence-electron chi connectivity index (χ2n) is 9.01. The van der Waals surface area contributed by atoms with Gasteiger partial charge in [-0.15, -0.1) is 0 Å². The van der Waals surface area contributed by atoms with E-state index in [4.69, 9.17) is 32.0 Å². The standard InChI is InChI=1S/C8H22O3Si2.2C8H20O2Si.2C2H6O.3H2O/c1-5-12(9,6-2)11-13(10,7-3)8-4;2*1-5-9-11(7-3,8-4)10-6-2;2*1-2-3;;;/h9-10H,5-8H2,1-4H3;2*5-8H2,1-4H3;2*3H,2H2,1H3;3*1H2. The van der Waals surface area contributed by atoms with E-state index in [0.29, 0.717) is 24.2 Å². The molecule has 0 aliphatic rings. The third-order valence-corrected chi connectivity index (χ3v) is 21.4. The van der Waals surface area contributed by atoms with Gasteiger partial charge in [-0.1, -0.05) is 55.4 Å². The molecule has 0 saturated carbocycles. The van der Waals surface area contributed by atoms with Crippen LogP contribution in [0.4, 0.5) is 0 Å². The Balaban J connectivity index is -0.0000000654. The predicted molar refractivity (Wildman–Crippen MR) is 195 cm³/mol. The van der Waals surface area contributed by atoms with Crippen LogP contribution in [-0.4, -0.2) is 110 Å². The van der Waals surface area contributed by atoms with Gasteiger partial charge in [-0.05, 0) is 89.9 Å². The van der Waals surface area contributed by atoms with Crippen molar-refractivity contribution in [3.63, 3.8) is 0 Å². The molecule has 0 spiro atoms. The molecular weight excluding hydrogens is 641 g/mol. The van der Waals surface area contributed by atoms with Crippen molar-refractivity contribution in [1.82, 2.24) is 0 Å². The molecule has 0 rings (SSSR count). The monoisotopic (exact) mass is 720 g/mol. The zero-order valence-electron chi connectivity index (χ0n) is 31.2. The normalized spacial score (nSPS) is 10.8. The van der Waals surface area contributed by atoms with E-state index < -0.39 is 34.2 Å². The summed E-state index contributed by atoms with van der Waals surface area (Å²) in [5.74, 6) is 0. The Bertz CT molecular complexity index is 439. The maximum atomic E-state index is 10.0. The summed E-state index contributed by atoms with van der Waals surface area (Å²) < 4.78 is 28.4. The molecular formula is C28H80O12Si4. The smallest absolute Gasteiger partial charge is 0.337 e. The van der Waals surface area contributed by atoms with E-state index in [1.165, 1.54) is 0 Å². The molecule has 0 fully saturated rings. The summed E-state index contributed by atoms with van der Waals surface area (Å²) in [7, 11) is -8.61. The van der Waals surface area contributed by atoms with Gasteiger partial charge in [0.1, 0.15) is 0 Å². The maximum Gasteiger partial charge on any atom is 0.337 e.